The van der Waals surface area contributed by atoms with Crippen molar-refractivity contribution in [2.75, 3.05) is 0 Å². The molecule has 0 aromatic carbocycles. The van der Waals surface area contributed by atoms with Gasteiger partial charge in [-0.15, -0.1) is 0 Å². The Morgan fingerprint density at radius 2 is 1.90 bits per heavy atom. The van der Waals surface area contributed by atoms with Crippen molar-refractivity contribution in [3.8, 4) is 0 Å². The molecule has 4 rings (SSSR count). The van der Waals surface area contributed by atoms with Crippen LogP contribution in [0.4, 0.5) is 0 Å². The van der Waals surface area contributed by atoms with Crippen molar-refractivity contribution in [2.24, 2.45) is 34.5 Å². The predicted molar refractivity (Wildman–Crippen MR) is 81.0 cm³/mol. The SMILES string of the molecule is C[C@]12CC[CH]CC1CC[C@@H]1[C@@H]2CC[C@]2(C)C(=O)CC[C@@H]12. The fourth-order valence-corrected chi connectivity index (χ4v) is 6.81. The molecule has 0 spiro atoms. The third-order valence-electron chi connectivity index (χ3n) is 8.11. The highest BCUT2D eigenvalue weighted by molar-refractivity contribution is 5.87. The lowest BCUT2D eigenvalue weighted by Gasteiger charge is -2.59. The third kappa shape index (κ3) is 1.58. The summed E-state index contributed by atoms with van der Waals surface area (Å²) in [5, 5.41) is 0. The Balaban J connectivity index is 1.66. The van der Waals surface area contributed by atoms with Gasteiger partial charge in [0.05, 0.1) is 0 Å². The fraction of sp³-hybridized carbons (Fsp3) is 0.895. The van der Waals surface area contributed by atoms with E-state index in [-0.39, 0.29) is 5.41 Å². The molecular weight excluding hydrogens is 244 g/mol. The number of carbonyl (C=O) groups excluding carboxylic acids is 1. The summed E-state index contributed by atoms with van der Waals surface area (Å²) in [7, 11) is 0. The smallest absolute Gasteiger partial charge is 0.139 e. The highest BCUT2D eigenvalue weighted by Crippen LogP contribution is 2.65. The number of rotatable bonds is 0. The molecule has 111 valence electrons. The van der Waals surface area contributed by atoms with Crippen molar-refractivity contribution in [1.82, 2.24) is 0 Å². The Bertz CT molecular complexity index is 427. The van der Waals surface area contributed by atoms with Crippen LogP contribution in [-0.4, -0.2) is 5.78 Å². The van der Waals surface area contributed by atoms with Crippen LogP contribution < -0.4 is 0 Å². The average Bonchev–Trinajstić information content (AvgIpc) is 2.74. The van der Waals surface area contributed by atoms with E-state index in [9.17, 15) is 4.79 Å². The monoisotopic (exact) mass is 273 g/mol. The molecule has 0 amide bonds. The van der Waals surface area contributed by atoms with Gasteiger partial charge in [-0.1, -0.05) is 13.8 Å². The summed E-state index contributed by atoms with van der Waals surface area (Å²) >= 11 is 0. The molecule has 1 heteroatoms. The third-order valence-corrected chi connectivity index (χ3v) is 8.11. The molecule has 0 saturated heterocycles. The van der Waals surface area contributed by atoms with Gasteiger partial charge in [0, 0.05) is 11.8 Å². The van der Waals surface area contributed by atoms with E-state index < -0.39 is 0 Å². The van der Waals surface area contributed by atoms with Crippen molar-refractivity contribution < 1.29 is 4.79 Å². The zero-order valence-corrected chi connectivity index (χ0v) is 13.2. The van der Waals surface area contributed by atoms with Crippen LogP contribution in [0.2, 0.25) is 0 Å². The van der Waals surface area contributed by atoms with Gasteiger partial charge in [0.2, 0.25) is 0 Å². The molecule has 0 bridgehead atoms. The first kappa shape index (κ1) is 13.3. The van der Waals surface area contributed by atoms with Crippen LogP contribution >= 0.6 is 0 Å². The number of carbonyl (C=O) groups is 1. The number of hydrogen-bond donors (Lipinski definition) is 0. The topological polar surface area (TPSA) is 17.1 Å². The van der Waals surface area contributed by atoms with Crippen LogP contribution in [-0.2, 0) is 4.79 Å². The van der Waals surface area contributed by atoms with Crippen LogP contribution in [0.1, 0.15) is 71.6 Å². The minimum absolute atomic E-state index is 0.0607. The van der Waals surface area contributed by atoms with Gasteiger partial charge in [0.1, 0.15) is 5.78 Å². The van der Waals surface area contributed by atoms with Crippen LogP contribution in [0.3, 0.4) is 0 Å². The Hall–Kier alpha value is -0.330. The maximum Gasteiger partial charge on any atom is 0.139 e. The highest BCUT2D eigenvalue weighted by Gasteiger charge is 2.59. The minimum atomic E-state index is 0.0607. The Labute approximate surface area is 123 Å². The summed E-state index contributed by atoms with van der Waals surface area (Å²) in [4.78, 5) is 12.4. The lowest BCUT2D eigenvalue weighted by Crippen LogP contribution is -2.52. The zero-order valence-electron chi connectivity index (χ0n) is 13.2. The van der Waals surface area contributed by atoms with Gasteiger partial charge in [-0.3, -0.25) is 4.79 Å². The molecule has 4 aliphatic rings. The van der Waals surface area contributed by atoms with E-state index in [1.165, 1.54) is 51.4 Å². The molecule has 0 aromatic rings. The van der Waals surface area contributed by atoms with Gasteiger partial charge in [-0.25, -0.2) is 0 Å². The van der Waals surface area contributed by atoms with E-state index in [4.69, 9.17) is 0 Å². The molecule has 1 unspecified atom stereocenters. The second-order valence-electron chi connectivity index (χ2n) is 8.64. The second kappa shape index (κ2) is 4.34. The molecule has 4 saturated carbocycles. The molecule has 4 fully saturated rings. The standard InChI is InChI=1S/C19H29O/c1-18-11-4-3-5-13(18)6-7-14-15-8-9-17(20)19(15,2)12-10-16(14)18/h3,13-16H,4-12H2,1-2H3/t13?,14-,15-,16-,18-,19-/m0/s1. The molecule has 1 radical (unpaired) electrons. The predicted octanol–water partition coefficient (Wildman–Crippen LogP) is 4.80. The molecular formula is C19H29O. The normalized spacial score (nSPS) is 55.0. The minimum Gasteiger partial charge on any atom is -0.299 e. The van der Waals surface area contributed by atoms with Crippen molar-refractivity contribution in [3.05, 3.63) is 6.42 Å². The average molecular weight is 273 g/mol. The number of fused-ring (bicyclic) bond motifs is 5. The molecule has 0 aromatic heterocycles. The lowest BCUT2D eigenvalue weighted by molar-refractivity contribution is -0.137. The number of Topliss-reactive ketones (excluding diaryl/α,β-unsaturated/α-hetero) is 1. The van der Waals surface area contributed by atoms with Crippen molar-refractivity contribution >= 4 is 5.78 Å². The molecule has 1 nitrogen and oxygen atoms in total. The van der Waals surface area contributed by atoms with E-state index in [0.717, 1.165) is 30.1 Å². The summed E-state index contributed by atoms with van der Waals surface area (Å²) in [5.74, 6) is 4.03. The van der Waals surface area contributed by atoms with Crippen LogP contribution in [0.15, 0.2) is 0 Å². The van der Waals surface area contributed by atoms with Gasteiger partial charge in [-0.05, 0) is 86.9 Å². The second-order valence-corrected chi connectivity index (χ2v) is 8.64. The molecule has 6 atom stereocenters. The first-order valence-corrected chi connectivity index (χ1v) is 8.91. The van der Waals surface area contributed by atoms with E-state index in [2.05, 4.69) is 20.3 Å². The molecule has 0 N–H and O–H groups in total. The van der Waals surface area contributed by atoms with Crippen LogP contribution in [0.5, 0.6) is 0 Å². The first-order chi connectivity index (χ1) is 9.56. The first-order valence-electron chi connectivity index (χ1n) is 8.91. The molecule has 4 aliphatic carbocycles. The summed E-state index contributed by atoms with van der Waals surface area (Å²) in [6, 6.07) is 0. The Morgan fingerprint density at radius 1 is 1.05 bits per heavy atom. The van der Waals surface area contributed by atoms with Gasteiger partial charge in [-0.2, -0.15) is 0 Å². The van der Waals surface area contributed by atoms with Gasteiger partial charge in [0.25, 0.3) is 0 Å². The number of ketones is 1. The van der Waals surface area contributed by atoms with E-state index in [1.807, 2.05) is 0 Å². The maximum atomic E-state index is 12.4. The van der Waals surface area contributed by atoms with E-state index in [0.29, 0.717) is 11.2 Å². The number of hydrogen-bond acceptors (Lipinski definition) is 1. The maximum absolute atomic E-state index is 12.4. The van der Waals surface area contributed by atoms with Gasteiger partial charge >= 0.3 is 0 Å². The fourth-order valence-electron chi connectivity index (χ4n) is 6.81. The molecule has 20 heavy (non-hydrogen) atoms. The summed E-state index contributed by atoms with van der Waals surface area (Å²) < 4.78 is 0. The van der Waals surface area contributed by atoms with Crippen LogP contribution in [0.25, 0.3) is 0 Å². The van der Waals surface area contributed by atoms with E-state index >= 15 is 0 Å². The highest BCUT2D eigenvalue weighted by atomic mass is 16.1. The van der Waals surface area contributed by atoms with Gasteiger partial charge < -0.3 is 0 Å². The molecule has 0 heterocycles. The largest absolute Gasteiger partial charge is 0.299 e. The van der Waals surface area contributed by atoms with Crippen molar-refractivity contribution in [2.45, 2.75) is 71.6 Å². The van der Waals surface area contributed by atoms with Gasteiger partial charge in [0.15, 0.2) is 0 Å². The van der Waals surface area contributed by atoms with Crippen LogP contribution in [0, 0.1) is 40.9 Å². The quantitative estimate of drug-likeness (QED) is 0.619. The summed E-state index contributed by atoms with van der Waals surface area (Å²) in [5.41, 5.74) is 0.649. The Kier molecular flexibility index (Phi) is 2.89. The lowest BCUT2D eigenvalue weighted by atomic mass is 9.45. The summed E-state index contributed by atoms with van der Waals surface area (Å²) in [6.45, 7) is 4.90. The Morgan fingerprint density at radius 3 is 2.75 bits per heavy atom. The molecule has 0 aliphatic heterocycles. The van der Waals surface area contributed by atoms with E-state index in [1.54, 1.807) is 0 Å². The summed E-state index contributed by atoms with van der Waals surface area (Å²) in [6.07, 6.45) is 14.1. The van der Waals surface area contributed by atoms with Crippen molar-refractivity contribution in [1.29, 1.82) is 0 Å². The zero-order chi connectivity index (χ0) is 14.0. The van der Waals surface area contributed by atoms with Crippen molar-refractivity contribution in [3.63, 3.8) is 0 Å².